The van der Waals surface area contributed by atoms with Crippen LogP contribution in [0.25, 0.3) is 0 Å². The van der Waals surface area contributed by atoms with Gasteiger partial charge in [-0.15, -0.1) is 0 Å². The molecule has 0 rings (SSSR count). The molecule has 78 valence electrons. The Balaban J connectivity index is 3.21. The predicted molar refractivity (Wildman–Crippen MR) is 54.9 cm³/mol. The number of carbonyl (C=O) groups excluding carboxylic acids is 1. The van der Waals surface area contributed by atoms with Gasteiger partial charge in [-0.25, -0.2) is 4.79 Å². The molecule has 4 nitrogen and oxygen atoms in total. The van der Waals surface area contributed by atoms with Crippen LogP contribution in [0.15, 0.2) is 0 Å². The molecule has 0 aliphatic rings. The Bertz CT molecular complexity index is 146. The van der Waals surface area contributed by atoms with Crippen molar-refractivity contribution in [3.05, 3.63) is 0 Å². The average Bonchev–Trinajstić information content (AvgIpc) is 2.02. The zero-order chi connectivity index (χ0) is 10.3. The molecule has 0 heterocycles. The highest BCUT2D eigenvalue weighted by molar-refractivity contribution is 5.73. The monoisotopic (exact) mass is 187 g/mol. The van der Waals surface area contributed by atoms with Crippen LogP contribution in [0.4, 0.5) is 4.79 Å². The molecule has 1 N–H and O–H groups in total. The van der Waals surface area contributed by atoms with Crippen LogP contribution in [-0.2, 0) is 0 Å². The third kappa shape index (κ3) is 7.59. The van der Waals surface area contributed by atoms with Crippen LogP contribution in [0, 0.1) is 0 Å². The smallest absolute Gasteiger partial charge is 0.316 e. The fourth-order valence-electron chi connectivity index (χ4n) is 0.906. The number of hydrogen-bond acceptors (Lipinski definition) is 2. The first-order valence-electron chi connectivity index (χ1n) is 4.64. The first kappa shape index (κ1) is 12.2. The van der Waals surface area contributed by atoms with Crippen LogP contribution in [0.1, 0.15) is 12.8 Å². The molecule has 0 spiro atoms. The molecule has 0 aliphatic heterocycles. The van der Waals surface area contributed by atoms with E-state index in [0.29, 0.717) is 0 Å². The van der Waals surface area contributed by atoms with Gasteiger partial charge in [0.25, 0.3) is 0 Å². The molecule has 2 amide bonds. The van der Waals surface area contributed by atoms with E-state index in [4.69, 9.17) is 0 Å². The molecule has 0 bridgehead atoms. The van der Waals surface area contributed by atoms with E-state index in [1.807, 2.05) is 0 Å². The molecule has 13 heavy (non-hydrogen) atoms. The van der Waals surface area contributed by atoms with Crippen molar-refractivity contribution in [2.45, 2.75) is 12.8 Å². The molecular formula is C9H21N3O. The van der Waals surface area contributed by atoms with Crippen molar-refractivity contribution in [2.24, 2.45) is 0 Å². The lowest BCUT2D eigenvalue weighted by Crippen LogP contribution is -2.35. The SMILES string of the molecule is CN(C)CCCCNC(=O)N(C)C. The van der Waals surface area contributed by atoms with Crippen molar-refractivity contribution in [3.8, 4) is 0 Å². The number of hydrogen-bond donors (Lipinski definition) is 1. The minimum Gasteiger partial charge on any atom is -0.338 e. The minimum absolute atomic E-state index is 0.00940. The maximum absolute atomic E-state index is 11.0. The first-order chi connectivity index (χ1) is 6.04. The Morgan fingerprint density at radius 1 is 1.15 bits per heavy atom. The van der Waals surface area contributed by atoms with Crippen molar-refractivity contribution >= 4 is 6.03 Å². The molecule has 4 heteroatoms. The zero-order valence-corrected chi connectivity index (χ0v) is 9.13. The summed E-state index contributed by atoms with van der Waals surface area (Å²) in [5.41, 5.74) is 0. The van der Waals surface area contributed by atoms with Crippen LogP contribution in [0.2, 0.25) is 0 Å². The van der Waals surface area contributed by atoms with Crippen LogP contribution in [-0.4, -0.2) is 57.1 Å². The van der Waals surface area contributed by atoms with E-state index in [2.05, 4.69) is 24.3 Å². The largest absolute Gasteiger partial charge is 0.338 e. The Hall–Kier alpha value is -0.770. The molecule has 0 unspecified atom stereocenters. The van der Waals surface area contributed by atoms with Gasteiger partial charge in [0.05, 0.1) is 0 Å². The lowest BCUT2D eigenvalue weighted by Gasteiger charge is -2.12. The van der Waals surface area contributed by atoms with E-state index in [1.165, 1.54) is 0 Å². The Labute approximate surface area is 80.9 Å². The second kappa shape index (κ2) is 6.71. The summed E-state index contributed by atoms with van der Waals surface area (Å²) in [6.07, 6.45) is 2.17. The number of urea groups is 1. The zero-order valence-electron chi connectivity index (χ0n) is 9.13. The standard InChI is InChI=1S/C9H21N3O/c1-11(2)8-6-5-7-10-9(13)12(3)4/h5-8H2,1-4H3,(H,10,13). The van der Waals surface area contributed by atoms with Gasteiger partial charge in [-0.05, 0) is 33.5 Å². The van der Waals surface area contributed by atoms with Gasteiger partial charge < -0.3 is 15.1 Å². The van der Waals surface area contributed by atoms with Crippen molar-refractivity contribution in [2.75, 3.05) is 41.3 Å². The fourth-order valence-corrected chi connectivity index (χ4v) is 0.906. The topological polar surface area (TPSA) is 35.6 Å². The van der Waals surface area contributed by atoms with Crippen molar-refractivity contribution in [3.63, 3.8) is 0 Å². The minimum atomic E-state index is -0.00940. The number of rotatable bonds is 5. The van der Waals surface area contributed by atoms with E-state index in [9.17, 15) is 4.79 Å². The van der Waals surface area contributed by atoms with Crippen molar-refractivity contribution < 1.29 is 4.79 Å². The summed E-state index contributed by atoms with van der Waals surface area (Å²) in [5, 5.41) is 2.82. The molecule has 0 aromatic rings. The van der Waals surface area contributed by atoms with Gasteiger partial charge in [-0.1, -0.05) is 0 Å². The molecule has 0 aromatic heterocycles. The second-order valence-corrected chi connectivity index (χ2v) is 3.64. The third-order valence-electron chi connectivity index (χ3n) is 1.71. The van der Waals surface area contributed by atoms with Crippen LogP contribution < -0.4 is 5.32 Å². The van der Waals surface area contributed by atoms with Gasteiger partial charge in [0.2, 0.25) is 0 Å². The van der Waals surface area contributed by atoms with E-state index < -0.39 is 0 Å². The molecule has 0 fully saturated rings. The fraction of sp³-hybridized carbons (Fsp3) is 0.889. The third-order valence-corrected chi connectivity index (χ3v) is 1.71. The van der Waals surface area contributed by atoms with Gasteiger partial charge in [0.15, 0.2) is 0 Å². The van der Waals surface area contributed by atoms with Gasteiger partial charge in [0, 0.05) is 20.6 Å². The summed E-state index contributed by atoms with van der Waals surface area (Å²) in [6, 6.07) is -0.00940. The van der Waals surface area contributed by atoms with Crippen LogP contribution in [0.3, 0.4) is 0 Å². The summed E-state index contributed by atoms with van der Waals surface area (Å²) in [5.74, 6) is 0. The van der Waals surface area contributed by atoms with E-state index in [-0.39, 0.29) is 6.03 Å². The number of nitrogens with zero attached hydrogens (tertiary/aromatic N) is 2. The summed E-state index contributed by atoms with van der Waals surface area (Å²) < 4.78 is 0. The maximum Gasteiger partial charge on any atom is 0.316 e. The average molecular weight is 187 g/mol. The summed E-state index contributed by atoms with van der Waals surface area (Å²) in [7, 11) is 7.60. The van der Waals surface area contributed by atoms with Crippen molar-refractivity contribution in [1.29, 1.82) is 0 Å². The number of amides is 2. The highest BCUT2D eigenvalue weighted by atomic mass is 16.2. The number of carbonyl (C=O) groups is 1. The van der Waals surface area contributed by atoms with Crippen LogP contribution in [0.5, 0.6) is 0 Å². The summed E-state index contributed by atoms with van der Waals surface area (Å²) in [4.78, 5) is 14.7. The Kier molecular flexibility index (Phi) is 6.32. The summed E-state index contributed by atoms with van der Waals surface area (Å²) in [6.45, 7) is 1.85. The lowest BCUT2D eigenvalue weighted by molar-refractivity contribution is 0.217. The maximum atomic E-state index is 11.0. The summed E-state index contributed by atoms with van der Waals surface area (Å²) >= 11 is 0. The normalized spacial score (nSPS) is 10.2. The molecule has 0 atom stereocenters. The van der Waals surface area contributed by atoms with E-state index in [1.54, 1.807) is 19.0 Å². The van der Waals surface area contributed by atoms with E-state index >= 15 is 0 Å². The van der Waals surface area contributed by atoms with E-state index in [0.717, 1.165) is 25.9 Å². The molecule has 0 radical (unpaired) electrons. The number of unbranched alkanes of at least 4 members (excludes halogenated alkanes) is 1. The molecule has 0 saturated heterocycles. The molecule has 0 aromatic carbocycles. The van der Waals surface area contributed by atoms with Crippen molar-refractivity contribution in [1.82, 2.24) is 15.1 Å². The molecule has 0 aliphatic carbocycles. The van der Waals surface area contributed by atoms with Gasteiger partial charge in [0.1, 0.15) is 0 Å². The highest BCUT2D eigenvalue weighted by Crippen LogP contribution is 1.89. The number of nitrogens with one attached hydrogen (secondary N) is 1. The molecular weight excluding hydrogens is 166 g/mol. The van der Waals surface area contributed by atoms with Gasteiger partial charge in [-0.3, -0.25) is 0 Å². The molecule has 0 saturated carbocycles. The Morgan fingerprint density at radius 3 is 2.23 bits per heavy atom. The van der Waals surface area contributed by atoms with Crippen LogP contribution >= 0.6 is 0 Å². The van der Waals surface area contributed by atoms with Gasteiger partial charge in [-0.2, -0.15) is 0 Å². The second-order valence-electron chi connectivity index (χ2n) is 3.64. The first-order valence-corrected chi connectivity index (χ1v) is 4.64. The highest BCUT2D eigenvalue weighted by Gasteiger charge is 2.00. The lowest BCUT2D eigenvalue weighted by atomic mass is 10.3. The Morgan fingerprint density at radius 2 is 1.77 bits per heavy atom. The predicted octanol–water partition coefficient (Wildman–Crippen LogP) is 0.599. The van der Waals surface area contributed by atoms with Gasteiger partial charge >= 0.3 is 6.03 Å². The quantitative estimate of drug-likeness (QED) is 0.640.